The zero-order chi connectivity index (χ0) is 14.4. The maximum atomic E-state index is 10.9. The fourth-order valence-electron chi connectivity index (χ4n) is 2.29. The van der Waals surface area contributed by atoms with Crippen molar-refractivity contribution in [3.05, 3.63) is 28.8 Å². The van der Waals surface area contributed by atoms with Crippen LogP contribution in [0.5, 0.6) is 5.75 Å². The van der Waals surface area contributed by atoms with Crippen LogP contribution >= 0.6 is 0 Å². The lowest BCUT2D eigenvalue weighted by molar-refractivity contribution is -0.117. The summed E-state index contributed by atoms with van der Waals surface area (Å²) in [5.74, 6) is 1.22. The lowest BCUT2D eigenvalue weighted by Gasteiger charge is -2.20. The van der Waals surface area contributed by atoms with Crippen LogP contribution in [0.1, 0.15) is 36.5 Å². The smallest absolute Gasteiger partial charge is 0.129 e. The van der Waals surface area contributed by atoms with Crippen LogP contribution in [0.15, 0.2) is 12.1 Å². The quantitative estimate of drug-likeness (QED) is 0.757. The Hall–Kier alpha value is -1.35. The highest BCUT2D eigenvalue weighted by molar-refractivity contribution is 5.75. The van der Waals surface area contributed by atoms with Crippen molar-refractivity contribution in [1.29, 1.82) is 0 Å². The lowest BCUT2D eigenvalue weighted by atomic mass is 10.0. The molecule has 0 saturated carbocycles. The Morgan fingerprint density at radius 1 is 1.32 bits per heavy atom. The van der Waals surface area contributed by atoms with Crippen molar-refractivity contribution in [2.75, 3.05) is 20.7 Å². The van der Waals surface area contributed by atoms with Gasteiger partial charge in [-0.15, -0.1) is 0 Å². The van der Waals surface area contributed by atoms with Crippen LogP contribution in [-0.2, 0) is 11.3 Å². The van der Waals surface area contributed by atoms with Crippen LogP contribution in [0.4, 0.5) is 0 Å². The van der Waals surface area contributed by atoms with E-state index < -0.39 is 0 Å². The van der Waals surface area contributed by atoms with Gasteiger partial charge in [0.05, 0.1) is 7.11 Å². The average molecular weight is 263 g/mol. The van der Waals surface area contributed by atoms with Crippen LogP contribution in [0.25, 0.3) is 0 Å². The molecular formula is C16H25NO2. The van der Waals surface area contributed by atoms with Crippen LogP contribution in [0.3, 0.4) is 0 Å². The van der Waals surface area contributed by atoms with Gasteiger partial charge in [-0.1, -0.05) is 6.07 Å². The summed E-state index contributed by atoms with van der Waals surface area (Å²) in [5.41, 5.74) is 3.71. The monoisotopic (exact) mass is 263 g/mol. The second-order valence-corrected chi connectivity index (χ2v) is 5.31. The molecule has 0 saturated heterocycles. The lowest BCUT2D eigenvalue weighted by Crippen LogP contribution is -2.20. The zero-order valence-electron chi connectivity index (χ0n) is 12.7. The minimum atomic E-state index is 0.262. The number of aryl methyl sites for hydroxylation is 2. The molecule has 0 atom stereocenters. The van der Waals surface area contributed by atoms with E-state index in [9.17, 15) is 4.79 Å². The molecule has 3 heteroatoms. The molecule has 1 aromatic carbocycles. The van der Waals surface area contributed by atoms with E-state index in [0.29, 0.717) is 6.42 Å². The molecule has 0 unspecified atom stereocenters. The number of ether oxygens (including phenoxy) is 1. The molecule has 1 rings (SSSR count). The predicted molar refractivity (Wildman–Crippen MR) is 78.7 cm³/mol. The molecule has 0 N–H and O–H groups in total. The highest BCUT2D eigenvalue weighted by Crippen LogP contribution is 2.25. The van der Waals surface area contributed by atoms with Crippen molar-refractivity contribution in [3.63, 3.8) is 0 Å². The SMILES string of the molecule is COc1cc(C)cc(C)c1CN(C)CCCC(C)=O. The first kappa shape index (κ1) is 15.7. The predicted octanol–water partition coefficient (Wildman–Crippen LogP) is 3.11. The first-order chi connectivity index (χ1) is 8.93. The molecule has 3 nitrogen and oxygen atoms in total. The van der Waals surface area contributed by atoms with Crippen LogP contribution in [0, 0.1) is 13.8 Å². The highest BCUT2D eigenvalue weighted by atomic mass is 16.5. The molecule has 0 heterocycles. The van der Waals surface area contributed by atoms with Gasteiger partial charge < -0.3 is 14.4 Å². The standard InChI is InChI=1S/C16H25NO2/c1-12-9-13(2)15(16(10-12)19-5)11-17(4)8-6-7-14(3)18/h9-10H,6-8,11H2,1-5H3. The van der Waals surface area contributed by atoms with Crippen LogP contribution in [0.2, 0.25) is 0 Å². The van der Waals surface area contributed by atoms with Crippen molar-refractivity contribution >= 4 is 5.78 Å². The maximum absolute atomic E-state index is 10.9. The van der Waals surface area contributed by atoms with E-state index in [1.54, 1.807) is 14.0 Å². The van der Waals surface area contributed by atoms with Gasteiger partial charge in [0.2, 0.25) is 0 Å². The number of ketones is 1. The second kappa shape index (κ2) is 7.29. The Bertz CT molecular complexity index is 441. The van der Waals surface area contributed by atoms with Crippen molar-refractivity contribution in [2.24, 2.45) is 0 Å². The summed E-state index contributed by atoms with van der Waals surface area (Å²) in [4.78, 5) is 13.2. The maximum Gasteiger partial charge on any atom is 0.129 e. The van der Waals surface area contributed by atoms with Crippen LogP contribution in [-0.4, -0.2) is 31.4 Å². The molecular weight excluding hydrogens is 238 g/mol. The van der Waals surface area contributed by atoms with Crippen molar-refractivity contribution in [3.8, 4) is 5.75 Å². The molecule has 0 amide bonds. The number of carbonyl (C=O) groups is 1. The van der Waals surface area contributed by atoms with Crippen molar-refractivity contribution in [2.45, 2.75) is 40.2 Å². The Morgan fingerprint density at radius 3 is 2.58 bits per heavy atom. The number of hydrogen-bond donors (Lipinski definition) is 0. The van der Waals surface area contributed by atoms with Crippen LogP contribution < -0.4 is 4.74 Å². The van der Waals surface area contributed by atoms with Crippen molar-refractivity contribution < 1.29 is 9.53 Å². The van der Waals surface area contributed by atoms with Gasteiger partial charge in [-0.3, -0.25) is 0 Å². The molecule has 106 valence electrons. The van der Waals surface area contributed by atoms with E-state index in [2.05, 4.69) is 37.9 Å². The van der Waals surface area contributed by atoms with Gasteiger partial charge in [-0.2, -0.15) is 0 Å². The molecule has 1 aromatic rings. The molecule has 0 aliphatic rings. The third-order valence-electron chi connectivity index (χ3n) is 3.29. The van der Waals surface area contributed by atoms with Gasteiger partial charge in [0, 0.05) is 18.5 Å². The fraction of sp³-hybridized carbons (Fsp3) is 0.562. The van der Waals surface area contributed by atoms with E-state index in [1.165, 1.54) is 16.7 Å². The summed E-state index contributed by atoms with van der Waals surface area (Å²) < 4.78 is 5.47. The number of Topliss-reactive ketones (excluding diaryl/α,β-unsaturated/α-hetero) is 1. The molecule has 0 radical (unpaired) electrons. The summed E-state index contributed by atoms with van der Waals surface area (Å²) >= 11 is 0. The van der Waals surface area contributed by atoms with Gasteiger partial charge >= 0.3 is 0 Å². The molecule has 0 fully saturated rings. The van der Waals surface area contributed by atoms with E-state index >= 15 is 0 Å². The number of hydrogen-bond acceptors (Lipinski definition) is 3. The Kier molecular flexibility index (Phi) is 6.03. The van der Waals surface area contributed by atoms with Gasteiger partial charge in [-0.25, -0.2) is 0 Å². The zero-order valence-corrected chi connectivity index (χ0v) is 12.7. The third-order valence-corrected chi connectivity index (χ3v) is 3.29. The highest BCUT2D eigenvalue weighted by Gasteiger charge is 2.10. The van der Waals surface area contributed by atoms with Gasteiger partial charge in [0.1, 0.15) is 11.5 Å². The Balaban J connectivity index is 2.68. The number of benzene rings is 1. The largest absolute Gasteiger partial charge is 0.496 e. The van der Waals surface area contributed by atoms with E-state index in [4.69, 9.17) is 4.74 Å². The molecule has 0 aromatic heterocycles. The summed E-state index contributed by atoms with van der Waals surface area (Å²) in [6, 6.07) is 4.26. The van der Waals surface area contributed by atoms with Gasteiger partial charge in [0.15, 0.2) is 0 Å². The minimum Gasteiger partial charge on any atom is -0.496 e. The second-order valence-electron chi connectivity index (χ2n) is 5.31. The van der Waals surface area contributed by atoms with Gasteiger partial charge in [0.25, 0.3) is 0 Å². The minimum absolute atomic E-state index is 0.262. The first-order valence-electron chi connectivity index (χ1n) is 6.76. The van der Waals surface area contributed by atoms with E-state index in [0.717, 1.165) is 25.3 Å². The molecule has 0 spiro atoms. The molecule has 0 bridgehead atoms. The fourth-order valence-corrected chi connectivity index (χ4v) is 2.29. The van der Waals surface area contributed by atoms with Crippen molar-refractivity contribution in [1.82, 2.24) is 4.90 Å². The number of nitrogens with zero attached hydrogens (tertiary/aromatic N) is 1. The van der Waals surface area contributed by atoms with E-state index in [1.807, 2.05) is 0 Å². The Labute approximate surface area is 116 Å². The summed E-state index contributed by atoms with van der Waals surface area (Å²) in [7, 11) is 3.80. The number of carbonyl (C=O) groups excluding carboxylic acids is 1. The molecule has 19 heavy (non-hydrogen) atoms. The summed E-state index contributed by atoms with van der Waals surface area (Å²) in [5, 5.41) is 0. The van der Waals surface area contributed by atoms with E-state index in [-0.39, 0.29) is 5.78 Å². The average Bonchev–Trinajstić information content (AvgIpc) is 2.31. The number of rotatable bonds is 7. The summed E-state index contributed by atoms with van der Waals surface area (Å²) in [6.45, 7) is 7.63. The van der Waals surface area contributed by atoms with Gasteiger partial charge in [-0.05, 0) is 58.0 Å². The topological polar surface area (TPSA) is 29.5 Å². The number of methoxy groups -OCH3 is 1. The summed E-state index contributed by atoms with van der Waals surface area (Å²) in [6.07, 6.45) is 1.58. The Morgan fingerprint density at radius 2 is 2.00 bits per heavy atom. The molecule has 0 aliphatic heterocycles. The first-order valence-corrected chi connectivity index (χ1v) is 6.76. The molecule has 0 aliphatic carbocycles. The normalized spacial score (nSPS) is 10.8. The third kappa shape index (κ3) is 5.03.